The van der Waals surface area contributed by atoms with Crippen LogP contribution in [0, 0.1) is 0 Å². The molecule has 2 N–H and O–H groups in total. The number of hydrogen-bond donors (Lipinski definition) is 2. The van der Waals surface area contributed by atoms with Crippen molar-refractivity contribution in [2.75, 3.05) is 13.2 Å². The molecule has 0 aromatic rings. The highest BCUT2D eigenvalue weighted by atomic mass is 16.6. The molecule has 0 bridgehead atoms. The Labute approximate surface area is 87.2 Å². The highest BCUT2D eigenvalue weighted by Crippen LogP contribution is 2.20. The molecule has 2 saturated heterocycles. The number of carboxylic acids is 1. The van der Waals surface area contributed by atoms with Gasteiger partial charge in [0.2, 0.25) is 0 Å². The van der Waals surface area contributed by atoms with Crippen LogP contribution in [0.3, 0.4) is 0 Å². The van der Waals surface area contributed by atoms with Crippen LogP contribution in [-0.2, 0) is 9.53 Å². The fourth-order valence-electron chi connectivity index (χ4n) is 2.04. The number of carbonyl (C=O) groups is 2. The number of carboxylic acid groups (broad SMARTS) is 1. The molecule has 2 rings (SSSR count). The maximum Gasteiger partial charge on any atom is 0.411 e. The zero-order valence-corrected chi connectivity index (χ0v) is 8.31. The van der Waals surface area contributed by atoms with Crippen LogP contribution in [0.1, 0.15) is 19.3 Å². The number of nitrogens with one attached hydrogen (secondary N) is 1. The molecule has 84 valence electrons. The Bertz CT molecular complexity index is 275. The van der Waals surface area contributed by atoms with Gasteiger partial charge >= 0.3 is 12.1 Å². The first-order valence-electron chi connectivity index (χ1n) is 5.11. The summed E-state index contributed by atoms with van der Waals surface area (Å²) in [6.45, 7) is 0.771. The van der Waals surface area contributed by atoms with Gasteiger partial charge in [0, 0.05) is 0 Å². The number of aliphatic carboxylic acids is 1. The number of ether oxygens (including phenoxy) is 1. The van der Waals surface area contributed by atoms with E-state index in [2.05, 4.69) is 5.32 Å². The van der Waals surface area contributed by atoms with Crippen LogP contribution in [0.4, 0.5) is 4.79 Å². The summed E-state index contributed by atoms with van der Waals surface area (Å²) in [5.74, 6) is -1.01. The van der Waals surface area contributed by atoms with Crippen molar-refractivity contribution in [1.82, 2.24) is 10.2 Å². The molecule has 1 amide bonds. The van der Waals surface area contributed by atoms with Crippen LogP contribution in [0.15, 0.2) is 0 Å². The summed E-state index contributed by atoms with van der Waals surface area (Å²) in [7, 11) is 0. The summed E-state index contributed by atoms with van der Waals surface area (Å²) in [6.07, 6.45) is 2.15. The maximum absolute atomic E-state index is 11.4. The van der Waals surface area contributed by atoms with Gasteiger partial charge in [0.15, 0.2) is 6.04 Å². The van der Waals surface area contributed by atoms with Crippen LogP contribution in [0.2, 0.25) is 0 Å². The van der Waals surface area contributed by atoms with Crippen molar-refractivity contribution in [3.8, 4) is 0 Å². The molecule has 6 heteroatoms. The maximum atomic E-state index is 11.4. The highest BCUT2D eigenvalue weighted by Gasteiger charge is 2.42. The Morgan fingerprint density at radius 3 is 2.93 bits per heavy atom. The third-order valence-corrected chi connectivity index (χ3v) is 2.82. The lowest BCUT2D eigenvalue weighted by Gasteiger charge is -2.32. The number of hydrogen-bond acceptors (Lipinski definition) is 4. The Hall–Kier alpha value is -1.30. The molecular weight excluding hydrogens is 200 g/mol. The van der Waals surface area contributed by atoms with E-state index in [0.717, 1.165) is 25.8 Å². The standard InChI is InChI=1S/C9H14N2O4/c12-8(13)6-5-15-9(14)11(6)7-3-1-2-4-10-7/h6-7,10H,1-5H2,(H,12,13). The lowest BCUT2D eigenvalue weighted by molar-refractivity contribution is -0.142. The second kappa shape index (κ2) is 4.06. The van der Waals surface area contributed by atoms with Crippen molar-refractivity contribution < 1.29 is 19.4 Å². The summed E-state index contributed by atoms with van der Waals surface area (Å²) < 4.78 is 4.76. The van der Waals surface area contributed by atoms with Gasteiger partial charge in [-0.2, -0.15) is 0 Å². The first-order chi connectivity index (χ1) is 7.20. The third-order valence-electron chi connectivity index (χ3n) is 2.82. The van der Waals surface area contributed by atoms with E-state index < -0.39 is 18.1 Å². The van der Waals surface area contributed by atoms with E-state index in [1.54, 1.807) is 0 Å². The van der Waals surface area contributed by atoms with Crippen molar-refractivity contribution in [3.05, 3.63) is 0 Å². The lowest BCUT2D eigenvalue weighted by atomic mass is 10.1. The van der Waals surface area contributed by atoms with Gasteiger partial charge in [-0.05, 0) is 25.8 Å². The summed E-state index contributed by atoms with van der Waals surface area (Å²) >= 11 is 0. The van der Waals surface area contributed by atoms with Crippen LogP contribution < -0.4 is 5.32 Å². The van der Waals surface area contributed by atoms with Gasteiger partial charge in [-0.1, -0.05) is 0 Å². The molecule has 2 fully saturated rings. The number of cyclic esters (lactones) is 1. The van der Waals surface area contributed by atoms with Crippen molar-refractivity contribution in [2.45, 2.75) is 31.5 Å². The molecule has 0 aromatic heterocycles. The first kappa shape index (κ1) is 10.2. The zero-order chi connectivity index (χ0) is 10.8. The number of nitrogens with zero attached hydrogens (tertiary/aromatic N) is 1. The van der Waals surface area contributed by atoms with Crippen LogP contribution in [0.5, 0.6) is 0 Å². The molecular formula is C9H14N2O4. The fourth-order valence-corrected chi connectivity index (χ4v) is 2.04. The monoisotopic (exact) mass is 214 g/mol. The fraction of sp³-hybridized carbons (Fsp3) is 0.778. The van der Waals surface area contributed by atoms with Gasteiger partial charge in [-0.3, -0.25) is 10.2 Å². The van der Waals surface area contributed by atoms with E-state index in [1.165, 1.54) is 4.90 Å². The Morgan fingerprint density at radius 1 is 1.53 bits per heavy atom. The molecule has 2 atom stereocenters. The topological polar surface area (TPSA) is 78.9 Å². The van der Waals surface area contributed by atoms with Gasteiger partial charge in [-0.15, -0.1) is 0 Å². The van der Waals surface area contributed by atoms with Crippen LogP contribution >= 0.6 is 0 Å². The first-order valence-corrected chi connectivity index (χ1v) is 5.11. The SMILES string of the molecule is O=C(O)C1COC(=O)N1C1CCCCN1. The number of amides is 1. The molecule has 0 saturated carbocycles. The summed E-state index contributed by atoms with van der Waals surface area (Å²) in [6, 6.07) is -0.840. The van der Waals surface area contributed by atoms with Gasteiger partial charge < -0.3 is 9.84 Å². The normalized spacial score (nSPS) is 31.5. The molecule has 2 heterocycles. The minimum atomic E-state index is -1.01. The van der Waals surface area contributed by atoms with E-state index in [1.807, 2.05) is 0 Å². The van der Waals surface area contributed by atoms with E-state index in [-0.39, 0.29) is 12.8 Å². The summed E-state index contributed by atoms with van der Waals surface area (Å²) in [5, 5.41) is 12.1. The second-order valence-electron chi connectivity index (χ2n) is 3.80. The van der Waals surface area contributed by atoms with E-state index in [0.29, 0.717) is 0 Å². The van der Waals surface area contributed by atoms with E-state index in [9.17, 15) is 9.59 Å². The number of piperidine rings is 1. The smallest absolute Gasteiger partial charge is 0.411 e. The Balaban J connectivity index is 2.09. The number of carbonyl (C=O) groups excluding carboxylic acids is 1. The average molecular weight is 214 g/mol. The Morgan fingerprint density at radius 2 is 2.33 bits per heavy atom. The minimum absolute atomic E-state index is 0.0493. The highest BCUT2D eigenvalue weighted by molar-refractivity contribution is 5.83. The van der Waals surface area contributed by atoms with Crippen LogP contribution in [0.25, 0.3) is 0 Å². The van der Waals surface area contributed by atoms with Crippen molar-refractivity contribution >= 4 is 12.1 Å². The molecule has 0 aliphatic carbocycles. The number of rotatable bonds is 2. The molecule has 2 aliphatic rings. The van der Waals surface area contributed by atoms with Crippen LogP contribution in [-0.4, -0.2) is 47.4 Å². The summed E-state index contributed by atoms with van der Waals surface area (Å²) in [5.41, 5.74) is 0. The largest absolute Gasteiger partial charge is 0.480 e. The zero-order valence-electron chi connectivity index (χ0n) is 8.31. The van der Waals surface area contributed by atoms with Crippen molar-refractivity contribution in [3.63, 3.8) is 0 Å². The average Bonchev–Trinajstić information content (AvgIpc) is 2.61. The molecule has 0 aromatic carbocycles. The molecule has 15 heavy (non-hydrogen) atoms. The predicted octanol–water partition coefficient (Wildman–Crippen LogP) is -0.00860. The Kier molecular flexibility index (Phi) is 2.77. The summed E-state index contributed by atoms with van der Waals surface area (Å²) in [4.78, 5) is 23.6. The quantitative estimate of drug-likeness (QED) is 0.676. The minimum Gasteiger partial charge on any atom is -0.480 e. The van der Waals surface area contributed by atoms with Crippen molar-refractivity contribution in [2.24, 2.45) is 0 Å². The van der Waals surface area contributed by atoms with E-state index >= 15 is 0 Å². The molecule has 6 nitrogen and oxygen atoms in total. The predicted molar refractivity (Wildman–Crippen MR) is 50.3 cm³/mol. The molecule has 2 unspecified atom stereocenters. The van der Waals surface area contributed by atoms with Gasteiger partial charge in [0.1, 0.15) is 6.61 Å². The van der Waals surface area contributed by atoms with Gasteiger partial charge in [-0.25, -0.2) is 9.59 Å². The molecule has 0 spiro atoms. The van der Waals surface area contributed by atoms with Crippen molar-refractivity contribution in [1.29, 1.82) is 0 Å². The molecule has 2 aliphatic heterocycles. The third kappa shape index (κ3) is 1.90. The molecule has 0 radical (unpaired) electrons. The lowest BCUT2D eigenvalue weighted by Crippen LogP contribution is -2.54. The second-order valence-corrected chi connectivity index (χ2v) is 3.80. The van der Waals surface area contributed by atoms with E-state index in [4.69, 9.17) is 9.84 Å². The van der Waals surface area contributed by atoms with Gasteiger partial charge in [0.05, 0.1) is 6.17 Å². The van der Waals surface area contributed by atoms with Gasteiger partial charge in [0.25, 0.3) is 0 Å².